The van der Waals surface area contributed by atoms with Crippen molar-refractivity contribution < 1.29 is 18.6 Å². The van der Waals surface area contributed by atoms with E-state index in [1.165, 1.54) is 12.4 Å². The minimum absolute atomic E-state index is 0.0858. The molecule has 31 heavy (non-hydrogen) atoms. The number of rotatable bonds is 5. The molecule has 3 rings (SSSR count). The van der Waals surface area contributed by atoms with Crippen molar-refractivity contribution in [1.29, 1.82) is 0 Å². The molecule has 0 saturated carbocycles. The van der Waals surface area contributed by atoms with Gasteiger partial charge in [0.1, 0.15) is 17.7 Å². The van der Waals surface area contributed by atoms with E-state index in [0.29, 0.717) is 23.1 Å². The van der Waals surface area contributed by atoms with E-state index < -0.39 is 17.1 Å². The second-order valence-electron chi connectivity index (χ2n) is 8.67. The topological polar surface area (TPSA) is 55.2 Å². The Kier molecular flexibility index (Phi) is 6.09. The van der Waals surface area contributed by atoms with Crippen LogP contribution in [0.4, 0.5) is 8.78 Å². The Hall–Kier alpha value is -2.57. The third-order valence-electron chi connectivity index (χ3n) is 5.23. The lowest BCUT2D eigenvalue weighted by Crippen LogP contribution is -2.41. The Morgan fingerprint density at radius 3 is 2.13 bits per heavy atom. The first kappa shape index (κ1) is 23.1. The van der Waals surface area contributed by atoms with E-state index in [1.807, 2.05) is 33.8 Å². The Morgan fingerprint density at radius 1 is 0.968 bits per heavy atom. The van der Waals surface area contributed by atoms with Gasteiger partial charge in [-0.2, -0.15) is 8.78 Å². The number of aliphatic hydroxyl groups is 1. The van der Waals surface area contributed by atoms with Gasteiger partial charge in [-0.3, -0.25) is 0 Å². The lowest BCUT2D eigenvalue weighted by Gasteiger charge is -2.41. The van der Waals surface area contributed by atoms with Gasteiger partial charge in [0.25, 0.3) is 0 Å². The highest BCUT2D eigenvalue weighted by Gasteiger charge is 2.45. The predicted octanol–water partition coefficient (Wildman–Crippen LogP) is 6.38. The number of hydrogen-bond donors (Lipinski definition) is 1. The smallest absolute Gasteiger partial charge is 0.394 e. The summed E-state index contributed by atoms with van der Waals surface area (Å²) < 4.78 is 30.9. The van der Waals surface area contributed by atoms with E-state index >= 15 is 0 Å². The fraction of sp³-hybridized carbons (Fsp3) is 0.333. The van der Waals surface area contributed by atoms with Crippen molar-refractivity contribution in [2.75, 3.05) is 0 Å². The van der Waals surface area contributed by atoms with Gasteiger partial charge in [0.15, 0.2) is 0 Å². The van der Waals surface area contributed by atoms with Gasteiger partial charge in [-0.05, 0) is 47.2 Å². The molecule has 0 spiro atoms. The molecule has 4 nitrogen and oxygen atoms in total. The van der Waals surface area contributed by atoms with Gasteiger partial charge in [-0.25, -0.2) is 9.97 Å². The van der Waals surface area contributed by atoms with Crippen LogP contribution in [0.2, 0.25) is 5.02 Å². The number of ether oxygens (including phenoxy) is 1. The van der Waals surface area contributed by atoms with Crippen LogP contribution in [0.3, 0.4) is 0 Å². The Bertz CT molecular complexity index is 1080. The molecule has 1 unspecified atom stereocenters. The summed E-state index contributed by atoms with van der Waals surface area (Å²) in [6.07, 6.45) is 1.31. The van der Waals surface area contributed by atoms with Gasteiger partial charge in [-0.15, -0.1) is 0 Å². The highest BCUT2D eigenvalue weighted by atomic mass is 35.5. The Balaban J connectivity index is 2.05. The summed E-state index contributed by atoms with van der Waals surface area (Å²) in [6, 6.07) is 10.1. The second-order valence-corrected chi connectivity index (χ2v) is 9.08. The van der Waals surface area contributed by atoms with Crippen molar-refractivity contribution in [3.8, 4) is 16.9 Å². The Morgan fingerprint density at radius 2 is 1.61 bits per heavy atom. The number of hydrogen-bond acceptors (Lipinski definition) is 4. The van der Waals surface area contributed by atoms with Crippen LogP contribution in [0.1, 0.15) is 44.4 Å². The third kappa shape index (κ3) is 4.70. The van der Waals surface area contributed by atoms with Crippen LogP contribution in [0.5, 0.6) is 5.75 Å². The van der Waals surface area contributed by atoms with Gasteiger partial charge in [0, 0.05) is 35.5 Å². The molecule has 1 N–H and O–H groups in total. The van der Waals surface area contributed by atoms with E-state index in [0.717, 1.165) is 16.7 Å². The van der Waals surface area contributed by atoms with E-state index in [9.17, 15) is 13.9 Å². The molecule has 0 aliphatic rings. The molecule has 1 aromatic heterocycles. The fourth-order valence-corrected chi connectivity index (χ4v) is 4.00. The monoisotopic (exact) mass is 446 g/mol. The highest BCUT2D eigenvalue weighted by Crippen LogP contribution is 2.47. The second kappa shape index (κ2) is 8.17. The number of alkyl halides is 2. The maximum atomic E-state index is 13.1. The summed E-state index contributed by atoms with van der Waals surface area (Å²) in [5.74, 6) is 0.0858. The average Bonchev–Trinajstić information content (AvgIpc) is 2.66. The van der Waals surface area contributed by atoms with Crippen LogP contribution in [0, 0.1) is 12.3 Å². The molecular formula is C24H25ClF2N2O2. The molecule has 0 amide bonds. The lowest BCUT2D eigenvalue weighted by atomic mass is 9.69. The maximum absolute atomic E-state index is 13.1. The van der Waals surface area contributed by atoms with Crippen LogP contribution >= 0.6 is 11.6 Å². The molecule has 0 bridgehead atoms. The normalized spacial score (nSPS) is 14.2. The largest absolute Gasteiger partial charge is 0.433 e. The third-order valence-corrected chi connectivity index (χ3v) is 5.54. The molecule has 0 aliphatic carbocycles. The average molecular weight is 447 g/mol. The molecule has 1 heterocycles. The first-order chi connectivity index (χ1) is 14.3. The van der Waals surface area contributed by atoms with Crippen LogP contribution < -0.4 is 4.74 Å². The van der Waals surface area contributed by atoms with Crippen LogP contribution in [0.15, 0.2) is 55.1 Å². The molecule has 164 valence electrons. The summed E-state index contributed by atoms with van der Waals surface area (Å²) >= 11 is 6.67. The molecule has 0 aliphatic heterocycles. The standard InChI is InChI=1S/C24H25ClF2N2O2/c1-15-10-18(31-23(5,26)27)7-8-19(15)16-6-9-20(21(25)11-16)24(30,22(2,3)4)17-12-28-14-29-13-17/h6-14,30H,1-5H3. The SMILES string of the molecule is Cc1cc(OC(C)(F)F)ccc1-c1ccc(C(O)(c2cncnc2)C(C)(C)C)c(Cl)c1. The first-order valence-electron chi connectivity index (χ1n) is 9.79. The molecule has 1 atom stereocenters. The van der Waals surface area contributed by atoms with E-state index in [2.05, 4.69) is 14.7 Å². The van der Waals surface area contributed by atoms with Crippen molar-refractivity contribution in [2.24, 2.45) is 5.41 Å². The van der Waals surface area contributed by atoms with E-state index in [-0.39, 0.29) is 5.75 Å². The Labute approximate surface area is 185 Å². The number of nitrogens with zero attached hydrogens (tertiary/aromatic N) is 2. The van der Waals surface area contributed by atoms with Crippen LogP contribution in [-0.2, 0) is 5.60 Å². The van der Waals surface area contributed by atoms with Gasteiger partial charge >= 0.3 is 6.11 Å². The minimum Gasteiger partial charge on any atom is -0.433 e. The summed E-state index contributed by atoms with van der Waals surface area (Å²) in [6.45, 7) is 8.25. The number of aryl methyl sites for hydroxylation is 1. The van der Waals surface area contributed by atoms with Gasteiger partial charge in [-0.1, -0.05) is 50.6 Å². The predicted molar refractivity (Wildman–Crippen MR) is 117 cm³/mol. The maximum Gasteiger partial charge on any atom is 0.394 e. The van der Waals surface area contributed by atoms with Crippen LogP contribution in [-0.4, -0.2) is 21.2 Å². The molecule has 0 radical (unpaired) electrons. The molecule has 0 saturated heterocycles. The summed E-state index contributed by atoms with van der Waals surface area (Å²) in [5.41, 5.74) is 1.41. The fourth-order valence-electron chi connectivity index (χ4n) is 3.68. The lowest BCUT2D eigenvalue weighted by molar-refractivity contribution is -0.158. The van der Waals surface area contributed by atoms with Crippen molar-refractivity contribution in [1.82, 2.24) is 9.97 Å². The first-order valence-corrected chi connectivity index (χ1v) is 10.2. The summed E-state index contributed by atoms with van der Waals surface area (Å²) in [5, 5.41) is 12.2. The zero-order valence-electron chi connectivity index (χ0n) is 18.1. The molecule has 0 fully saturated rings. The van der Waals surface area contributed by atoms with Crippen molar-refractivity contribution in [3.63, 3.8) is 0 Å². The van der Waals surface area contributed by atoms with Crippen molar-refractivity contribution in [3.05, 3.63) is 76.8 Å². The summed E-state index contributed by atoms with van der Waals surface area (Å²) in [4.78, 5) is 8.10. The van der Waals surface area contributed by atoms with Gasteiger partial charge in [0.2, 0.25) is 0 Å². The summed E-state index contributed by atoms with van der Waals surface area (Å²) in [7, 11) is 0. The molecule has 7 heteroatoms. The highest BCUT2D eigenvalue weighted by molar-refractivity contribution is 6.31. The van der Waals surface area contributed by atoms with Crippen molar-refractivity contribution >= 4 is 11.6 Å². The van der Waals surface area contributed by atoms with Gasteiger partial charge < -0.3 is 9.84 Å². The van der Waals surface area contributed by atoms with Crippen molar-refractivity contribution in [2.45, 2.75) is 46.3 Å². The quantitative estimate of drug-likeness (QED) is 0.494. The zero-order chi connectivity index (χ0) is 23.0. The number of aromatic nitrogens is 2. The number of halogens is 3. The van der Waals surface area contributed by atoms with Crippen LogP contribution in [0.25, 0.3) is 11.1 Å². The van der Waals surface area contributed by atoms with Gasteiger partial charge in [0.05, 0.1) is 0 Å². The zero-order valence-corrected chi connectivity index (χ0v) is 18.8. The number of benzene rings is 2. The molecule has 2 aromatic carbocycles. The van der Waals surface area contributed by atoms with E-state index in [4.69, 9.17) is 11.6 Å². The molecular weight excluding hydrogens is 422 g/mol. The van der Waals surface area contributed by atoms with E-state index in [1.54, 1.807) is 36.7 Å². The molecule has 3 aromatic rings. The minimum atomic E-state index is -3.25.